The van der Waals surface area contributed by atoms with Crippen LogP contribution in [0.3, 0.4) is 0 Å². The van der Waals surface area contributed by atoms with Gasteiger partial charge in [0, 0.05) is 25.8 Å². The van der Waals surface area contributed by atoms with E-state index in [9.17, 15) is 4.39 Å². The molecule has 1 atom stereocenters. The van der Waals surface area contributed by atoms with E-state index in [0.29, 0.717) is 0 Å². The summed E-state index contributed by atoms with van der Waals surface area (Å²) < 4.78 is 14.6. The first-order chi connectivity index (χ1) is 8.31. The van der Waals surface area contributed by atoms with Crippen molar-refractivity contribution in [3.8, 4) is 0 Å². The zero-order valence-corrected chi connectivity index (χ0v) is 10.9. The molecule has 17 heavy (non-hydrogen) atoms. The molecule has 1 aliphatic heterocycles. The zero-order chi connectivity index (χ0) is 11.8. The maximum absolute atomic E-state index is 14.6. The van der Waals surface area contributed by atoms with Crippen molar-refractivity contribution in [2.75, 3.05) is 6.26 Å². The van der Waals surface area contributed by atoms with Crippen LogP contribution in [0.5, 0.6) is 0 Å². The summed E-state index contributed by atoms with van der Waals surface area (Å²) in [6.45, 7) is 0. The van der Waals surface area contributed by atoms with Crippen LogP contribution in [-0.2, 0) is 0 Å². The van der Waals surface area contributed by atoms with Gasteiger partial charge in [0.1, 0.15) is 0 Å². The second-order valence-corrected chi connectivity index (χ2v) is 5.81. The highest BCUT2D eigenvalue weighted by Gasteiger charge is 2.27. The van der Waals surface area contributed by atoms with Gasteiger partial charge in [0.15, 0.2) is 6.17 Å². The summed E-state index contributed by atoms with van der Waals surface area (Å²) in [4.78, 5) is 3.12. The molecule has 1 heterocycles. The number of thioether (sulfide) groups is 1. The predicted molar refractivity (Wildman–Crippen MR) is 71.7 cm³/mol. The summed E-state index contributed by atoms with van der Waals surface area (Å²) in [6, 6.07) is 13.7. The first kappa shape index (κ1) is 11.2. The standard InChI is InChI=1S/C14H11FS2/c1-16-11-7-4-8-12-13(11)14(15)9-5-2-3-6-10(9)17-12/h2-8,14H,1H3. The lowest BCUT2D eigenvalue weighted by atomic mass is 10.0. The number of rotatable bonds is 1. The summed E-state index contributed by atoms with van der Waals surface area (Å²) in [5, 5.41) is 0. The van der Waals surface area contributed by atoms with E-state index in [1.165, 1.54) is 0 Å². The average molecular weight is 262 g/mol. The molecular weight excluding hydrogens is 251 g/mol. The van der Waals surface area contributed by atoms with Gasteiger partial charge in [0.2, 0.25) is 0 Å². The highest BCUT2D eigenvalue weighted by atomic mass is 32.2. The Hall–Kier alpha value is -0.930. The minimum Gasteiger partial charge on any atom is -0.237 e. The van der Waals surface area contributed by atoms with Crippen LogP contribution in [0.2, 0.25) is 0 Å². The smallest absolute Gasteiger partial charge is 0.154 e. The minimum absolute atomic E-state index is 0.798. The van der Waals surface area contributed by atoms with Crippen LogP contribution in [0.15, 0.2) is 57.2 Å². The van der Waals surface area contributed by atoms with Crippen molar-refractivity contribution in [3.63, 3.8) is 0 Å². The van der Waals surface area contributed by atoms with Crippen molar-refractivity contribution < 1.29 is 4.39 Å². The lowest BCUT2D eigenvalue weighted by molar-refractivity contribution is 0.384. The molecule has 3 rings (SSSR count). The van der Waals surface area contributed by atoms with E-state index in [4.69, 9.17) is 0 Å². The van der Waals surface area contributed by atoms with Crippen LogP contribution >= 0.6 is 23.5 Å². The van der Waals surface area contributed by atoms with E-state index >= 15 is 0 Å². The third kappa shape index (κ3) is 1.78. The van der Waals surface area contributed by atoms with Gasteiger partial charge in [-0.1, -0.05) is 36.0 Å². The Balaban J connectivity index is 2.20. The van der Waals surface area contributed by atoms with Crippen LogP contribution < -0.4 is 0 Å². The molecule has 86 valence electrons. The van der Waals surface area contributed by atoms with Crippen LogP contribution in [-0.4, -0.2) is 6.26 Å². The molecule has 2 aromatic rings. The van der Waals surface area contributed by atoms with Gasteiger partial charge < -0.3 is 0 Å². The Morgan fingerprint density at radius 3 is 2.65 bits per heavy atom. The predicted octanol–water partition coefficient (Wildman–Crippen LogP) is 4.93. The normalized spacial score (nSPS) is 17.4. The Kier molecular flexibility index (Phi) is 2.89. The van der Waals surface area contributed by atoms with Gasteiger partial charge in [-0.3, -0.25) is 0 Å². The van der Waals surface area contributed by atoms with E-state index in [-0.39, 0.29) is 0 Å². The molecule has 0 N–H and O–H groups in total. The molecule has 0 radical (unpaired) electrons. The van der Waals surface area contributed by atoms with Gasteiger partial charge in [-0.25, -0.2) is 4.39 Å². The van der Waals surface area contributed by atoms with Crippen LogP contribution in [0.25, 0.3) is 0 Å². The van der Waals surface area contributed by atoms with Gasteiger partial charge in [-0.2, -0.15) is 0 Å². The molecule has 0 bridgehead atoms. The molecule has 1 aliphatic rings. The van der Waals surface area contributed by atoms with Crippen molar-refractivity contribution in [2.45, 2.75) is 20.9 Å². The van der Waals surface area contributed by atoms with Crippen molar-refractivity contribution in [1.82, 2.24) is 0 Å². The Morgan fingerprint density at radius 2 is 1.82 bits per heavy atom. The number of hydrogen-bond acceptors (Lipinski definition) is 2. The topological polar surface area (TPSA) is 0 Å². The molecule has 0 saturated heterocycles. The number of halogens is 1. The number of hydrogen-bond donors (Lipinski definition) is 0. The Bertz CT molecular complexity index is 566. The molecule has 0 aromatic heterocycles. The van der Waals surface area contributed by atoms with Crippen molar-refractivity contribution >= 4 is 23.5 Å². The second-order valence-electron chi connectivity index (χ2n) is 3.87. The number of alkyl halides is 1. The van der Waals surface area contributed by atoms with Crippen molar-refractivity contribution in [2.24, 2.45) is 0 Å². The zero-order valence-electron chi connectivity index (χ0n) is 9.31. The average Bonchev–Trinajstić information content (AvgIpc) is 2.38. The van der Waals surface area contributed by atoms with Gasteiger partial charge >= 0.3 is 0 Å². The lowest BCUT2D eigenvalue weighted by Crippen LogP contribution is -2.05. The van der Waals surface area contributed by atoms with Crippen molar-refractivity contribution in [3.05, 3.63) is 53.6 Å². The largest absolute Gasteiger partial charge is 0.237 e. The van der Waals surface area contributed by atoms with Gasteiger partial charge in [-0.15, -0.1) is 11.8 Å². The fourth-order valence-corrected chi connectivity index (χ4v) is 3.95. The fraction of sp³-hybridized carbons (Fsp3) is 0.143. The molecule has 0 spiro atoms. The third-order valence-corrected chi connectivity index (χ3v) is 4.87. The van der Waals surface area contributed by atoms with Gasteiger partial charge in [0.25, 0.3) is 0 Å². The van der Waals surface area contributed by atoms with E-state index < -0.39 is 6.17 Å². The minimum atomic E-state index is -0.994. The highest BCUT2D eigenvalue weighted by Crippen LogP contribution is 2.48. The highest BCUT2D eigenvalue weighted by molar-refractivity contribution is 8.00. The maximum Gasteiger partial charge on any atom is 0.154 e. The monoisotopic (exact) mass is 262 g/mol. The van der Waals surface area contributed by atoms with Crippen LogP contribution in [0.1, 0.15) is 17.3 Å². The summed E-state index contributed by atoms with van der Waals surface area (Å²) in [7, 11) is 0. The quantitative estimate of drug-likeness (QED) is 0.668. The first-order valence-corrected chi connectivity index (χ1v) is 7.43. The SMILES string of the molecule is CSc1cccc2c1C(F)c1ccccc1S2. The molecule has 0 nitrogen and oxygen atoms in total. The van der Waals surface area contributed by atoms with Crippen LogP contribution in [0.4, 0.5) is 4.39 Å². The number of fused-ring (bicyclic) bond motifs is 2. The molecule has 0 amide bonds. The Morgan fingerprint density at radius 1 is 1.06 bits per heavy atom. The van der Waals surface area contributed by atoms with Crippen molar-refractivity contribution in [1.29, 1.82) is 0 Å². The molecule has 0 fully saturated rings. The van der Waals surface area contributed by atoms with E-state index in [2.05, 4.69) is 0 Å². The van der Waals surface area contributed by atoms with Gasteiger partial charge in [0.05, 0.1) is 0 Å². The van der Waals surface area contributed by atoms with E-state index in [0.717, 1.165) is 25.8 Å². The molecule has 0 saturated carbocycles. The lowest BCUT2D eigenvalue weighted by Gasteiger charge is -2.24. The first-order valence-electron chi connectivity index (χ1n) is 5.39. The third-order valence-electron chi connectivity index (χ3n) is 2.91. The maximum atomic E-state index is 14.6. The molecule has 0 aliphatic carbocycles. The molecular formula is C14H11FS2. The summed E-state index contributed by atoms with van der Waals surface area (Å²) in [5.74, 6) is 0. The summed E-state index contributed by atoms with van der Waals surface area (Å²) in [6.07, 6.45) is 0.999. The fourth-order valence-electron chi connectivity index (χ4n) is 2.10. The molecule has 3 heteroatoms. The van der Waals surface area contributed by atoms with E-state index in [1.807, 2.05) is 48.7 Å². The van der Waals surface area contributed by atoms with E-state index in [1.54, 1.807) is 23.5 Å². The number of benzene rings is 2. The molecule has 2 aromatic carbocycles. The second kappa shape index (κ2) is 4.39. The Labute approximate surface area is 109 Å². The molecule has 1 unspecified atom stereocenters. The summed E-state index contributed by atoms with van der Waals surface area (Å²) >= 11 is 3.27. The van der Waals surface area contributed by atoms with Gasteiger partial charge in [-0.05, 0) is 24.5 Å². The van der Waals surface area contributed by atoms with Crippen LogP contribution in [0, 0.1) is 0 Å². The summed E-state index contributed by atoms with van der Waals surface area (Å²) in [5.41, 5.74) is 1.63.